The summed E-state index contributed by atoms with van der Waals surface area (Å²) in [6, 6.07) is 38.8. The van der Waals surface area contributed by atoms with Crippen molar-refractivity contribution >= 4 is 47.5 Å². The highest BCUT2D eigenvalue weighted by atomic mass is 79.9. The van der Waals surface area contributed by atoms with Crippen LogP contribution in [0.2, 0.25) is 0 Å². The van der Waals surface area contributed by atoms with Crippen molar-refractivity contribution in [3.63, 3.8) is 0 Å². The highest BCUT2D eigenvalue weighted by molar-refractivity contribution is 9.10. The number of alkyl halides is 5. The molecule has 2 saturated heterocycles. The van der Waals surface area contributed by atoms with Gasteiger partial charge in [0.15, 0.2) is 29.2 Å². The smallest absolute Gasteiger partial charge is 0.453 e. The van der Waals surface area contributed by atoms with Gasteiger partial charge in [-0.1, -0.05) is 91.0 Å². The van der Waals surface area contributed by atoms with Gasteiger partial charge < -0.3 is 9.47 Å². The van der Waals surface area contributed by atoms with Crippen molar-refractivity contribution in [2.24, 2.45) is 0 Å². The molecule has 80 heavy (non-hydrogen) atoms. The van der Waals surface area contributed by atoms with Gasteiger partial charge in [-0.05, 0) is 149 Å². The Morgan fingerprint density at radius 3 is 1.23 bits per heavy atom. The summed E-state index contributed by atoms with van der Waals surface area (Å²) >= 11 is 3.37. The molecule has 20 heteroatoms. The number of ether oxygens (including phenoxy) is 2. The third-order valence-corrected chi connectivity index (χ3v) is 19.5. The fraction of sp³-hybridized carbons (Fsp3) is 0.400. The van der Waals surface area contributed by atoms with E-state index in [1.807, 2.05) is 72.8 Å². The van der Waals surface area contributed by atoms with Crippen molar-refractivity contribution in [3.05, 3.63) is 167 Å². The fourth-order valence-corrected chi connectivity index (χ4v) is 13.6. The average Bonchev–Trinajstić information content (AvgIpc) is 3.62. The molecule has 4 aromatic carbocycles. The van der Waals surface area contributed by atoms with Crippen LogP contribution in [0.25, 0.3) is 22.5 Å². The lowest BCUT2D eigenvalue weighted by molar-refractivity contribution is -0.284. The Labute approximate surface area is 474 Å². The highest BCUT2D eigenvalue weighted by Gasteiger charge is 2.58. The van der Waals surface area contributed by atoms with Crippen LogP contribution in [0, 0.1) is 0 Å². The van der Waals surface area contributed by atoms with Crippen molar-refractivity contribution in [2.45, 2.75) is 136 Å². The van der Waals surface area contributed by atoms with E-state index in [2.05, 4.69) is 35.7 Å². The molecule has 0 atom stereocenters. The summed E-state index contributed by atoms with van der Waals surface area (Å²) < 4.78 is 129. The molecular formula is C60H66BrF5N4O8S2. The van der Waals surface area contributed by atoms with Crippen LogP contribution in [0.5, 0.6) is 0 Å². The maximum Gasteiger partial charge on any atom is 0.453 e. The first-order chi connectivity index (χ1) is 37.4. The molecule has 2 aromatic heterocycles. The molecule has 0 saturated carbocycles. The standard InChI is InChI=1S/C32H35F5N2O4S.C28H31BrN2O4S/c1-29(2,3)43-28(40)30(17-19-39(20-18-30)22-24-7-5-4-6-8-24)44(41,42)26-12-10-25(11-13-26)27-14-9-23(21-38-27)15-16-31(33,34)32(35,36)37;1-27(2,3)35-26(32)28(15-17-31(18-16-28)20-21-7-5-4-6-8-21)36(33,34)24-12-9-22(10-13-24)25-14-11-23(29)19-30-25/h4-14,21H,15-20,22H2,1-3H3;4-14,19H,15-18,20H2,1-3H3. The molecule has 0 N–H and O–H groups in total. The molecule has 6 aromatic rings. The number of hydrogen-bond acceptors (Lipinski definition) is 12. The molecule has 4 heterocycles. The Kier molecular flexibility index (Phi) is 19.0. The van der Waals surface area contributed by atoms with Gasteiger partial charge in [0.1, 0.15) is 11.2 Å². The van der Waals surface area contributed by atoms with Crippen LogP contribution in [0.15, 0.2) is 160 Å². The normalized spacial score (nSPS) is 16.4. The summed E-state index contributed by atoms with van der Waals surface area (Å²) in [6.07, 6.45) is -4.18. The van der Waals surface area contributed by atoms with E-state index < -0.39 is 77.2 Å². The lowest BCUT2D eigenvalue weighted by Crippen LogP contribution is -2.56. The van der Waals surface area contributed by atoms with E-state index in [1.54, 1.807) is 72.0 Å². The maximum absolute atomic E-state index is 14.1. The van der Waals surface area contributed by atoms with Gasteiger partial charge in [0, 0.05) is 73.7 Å². The minimum atomic E-state index is -5.62. The summed E-state index contributed by atoms with van der Waals surface area (Å²) in [7, 11) is -8.24. The number of benzene rings is 4. The van der Waals surface area contributed by atoms with Gasteiger partial charge in [-0.2, -0.15) is 22.0 Å². The first-order valence-electron chi connectivity index (χ1n) is 26.1. The van der Waals surface area contributed by atoms with Gasteiger partial charge in [0.2, 0.25) is 0 Å². The van der Waals surface area contributed by atoms with E-state index in [0.29, 0.717) is 50.5 Å². The van der Waals surface area contributed by atoms with Gasteiger partial charge in [0.05, 0.1) is 21.2 Å². The lowest BCUT2D eigenvalue weighted by atomic mass is 9.95. The van der Waals surface area contributed by atoms with Gasteiger partial charge in [-0.25, -0.2) is 16.8 Å². The zero-order valence-electron chi connectivity index (χ0n) is 45.5. The maximum atomic E-state index is 14.1. The van der Waals surface area contributed by atoms with Crippen LogP contribution in [-0.2, 0) is 58.2 Å². The van der Waals surface area contributed by atoms with Crippen LogP contribution in [-0.4, -0.2) is 108 Å². The predicted molar refractivity (Wildman–Crippen MR) is 300 cm³/mol. The molecule has 8 rings (SSSR count). The van der Waals surface area contributed by atoms with E-state index in [-0.39, 0.29) is 41.0 Å². The van der Waals surface area contributed by atoms with E-state index in [1.165, 1.54) is 42.6 Å². The van der Waals surface area contributed by atoms with Gasteiger partial charge in [0.25, 0.3) is 0 Å². The molecule has 0 spiro atoms. The summed E-state index contributed by atoms with van der Waals surface area (Å²) in [5, 5.41) is 0. The quantitative estimate of drug-likeness (QED) is 0.0710. The average molecular weight is 1210 g/mol. The Morgan fingerprint density at radius 1 is 0.525 bits per heavy atom. The monoisotopic (exact) mass is 1210 g/mol. The number of esters is 2. The zero-order valence-corrected chi connectivity index (χ0v) is 48.7. The van der Waals surface area contributed by atoms with Gasteiger partial charge >= 0.3 is 24.0 Å². The Morgan fingerprint density at radius 2 is 0.900 bits per heavy atom. The van der Waals surface area contributed by atoms with Crippen molar-refractivity contribution in [1.29, 1.82) is 0 Å². The molecule has 2 fully saturated rings. The molecule has 2 aliphatic rings. The number of piperidine rings is 2. The summed E-state index contributed by atoms with van der Waals surface area (Å²) in [5.41, 5.74) is 3.15. The number of aromatic nitrogens is 2. The molecule has 0 amide bonds. The van der Waals surface area contributed by atoms with Crippen LogP contribution in [0.4, 0.5) is 22.0 Å². The second-order valence-corrected chi connectivity index (χ2v) is 27.6. The molecule has 0 bridgehead atoms. The zero-order chi connectivity index (χ0) is 58.4. The number of rotatable bonds is 15. The number of sulfone groups is 2. The van der Waals surface area contributed by atoms with Crippen LogP contribution < -0.4 is 0 Å². The van der Waals surface area contributed by atoms with Crippen molar-refractivity contribution in [3.8, 4) is 22.5 Å². The van der Waals surface area contributed by atoms with Crippen molar-refractivity contribution in [1.82, 2.24) is 19.8 Å². The number of halogens is 6. The number of hydrogen-bond donors (Lipinski definition) is 0. The van der Waals surface area contributed by atoms with Crippen LogP contribution >= 0.6 is 15.9 Å². The Balaban J connectivity index is 0.000000236. The lowest BCUT2D eigenvalue weighted by Gasteiger charge is -2.40. The molecule has 2 aliphatic heterocycles. The Bertz CT molecular complexity index is 3270. The van der Waals surface area contributed by atoms with Crippen molar-refractivity contribution < 1.29 is 57.9 Å². The van der Waals surface area contributed by atoms with E-state index in [0.717, 1.165) is 26.9 Å². The summed E-state index contributed by atoms with van der Waals surface area (Å²) in [6.45, 7) is 13.4. The summed E-state index contributed by atoms with van der Waals surface area (Å²) in [4.78, 5) is 40.0. The number of pyridine rings is 2. The second-order valence-electron chi connectivity index (χ2n) is 22.2. The molecule has 0 radical (unpaired) electrons. The SMILES string of the molecule is CC(C)(C)OC(=O)C1(S(=O)(=O)c2ccc(-c3ccc(Br)cn3)cc2)CCN(Cc2ccccc2)CC1.CC(C)(C)OC(=O)C1(S(=O)(=O)c2ccc(-c3ccc(CCC(F)(F)C(F)(F)F)cn3)cc2)CCN(Cc2ccccc2)CC1. The molecule has 0 unspecified atom stereocenters. The number of aryl methyl sites for hydroxylation is 1. The number of nitrogens with zero attached hydrogens (tertiary/aromatic N) is 4. The topological polar surface area (TPSA) is 153 Å². The predicted octanol–water partition coefficient (Wildman–Crippen LogP) is 12.7. The summed E-state index contributed by atoms with van der Waals surface area (Å²) in [5.74, 6) is -6.27. The van der Waals surface area contributed by atoms with E-state index in [9.17, 15) is 48.4 Å². The molecular weight excluding hydrogens is 1140 g/mol. The third kappa shape index (κ3) is 14.8. The van der Waals surface area contributed by atoms with E-state index in [4.69, 9.17) is 9.47 Å². The number of carbonyl (C=O) groups is 2. The Hall–Kier alpha value is -5.93. The van der Waals surface area contributed by atoms with Crippen LogP contribution in [0.1, 0.15) is 90.3 Å². The molecule has 12 nitrogen and oxygen atoms in total. The molecule has 428 valence electrons. The second kappa shape index (κ2) is 24.7. The number of carbonyl (C=O) groups excluding carboxylic acids is 2. The largest absolute Gasteiger partial charge is 0.459 e. The fourth-order valence-electron chi connectivity index (χ4n) is 9.53. The minimum absolute atomic E-state index is 0.0508. The molecule has 0 aliphatic carbocycles. The van der Waals surface area contributed by atoms with E-state index >= 15 is 0 Å². The highest BCUT2D eigenvalue weighted by Crippen LogP contribution is 2.42. The third-order valence-electron chi connectivity index (χ3n) is 14.0. The first kappa shape index (κ1) is 61.7. The van der Waals surface area contributed by atoms with Crippen molar-refractivity contribution in [2.75, 3.05) is 26.2 Å². The van der Waals surface area contributed by atoms with Gasteiger partial charge in [-0.3, -0.25) is 29.4 Å². The van der Waals surface area contributed by atoms with Gasteiger partial charge in [-0.15, -0.1) is 0 Å². The minimum Gasteiger partial charge on any atom is -0.459 e. The number of likely N-dealkylation sites (tertiary alicyclic amines) is 2. The van der Waals surface area contributed by atoms with Crippen LogP contribution in [0.3, 0.4) is 0 Å². The first-order valence-corrected chi connectivity index (χ1v) is 29.9.